The molecule has 0 bridgehead atoms. The van der Waals surface area contributed by atoms with Crippen LogP contribution in [0, 0.1) is 13.8 Å². The largest absolute Gasteiger partial charge is 0.369 e. The first kappa shape index (κ1) is 21.3. The summed E-state index contributed by atoms with van der Waals surface area (Å²) in [5.74, 6) is -0.279. The number of nitrogens with one attached hydrogen (secondary N) is 1. The monoisotopic (exact) mass is 438 g/mol. The zero-order chi connectivity index (χ0) is 22.0. The molecule has 1 saturated heterocycles. The van der Waals surface area contributed by atoms with Gasteiger partial charge in [-0.3, -0.25) is 4.79 Å². The van der Waals surface area contributed by atoms with Crippen LogP contribution in [0.4, 0.5) is 11.4 Å². The molecule has 4 rings (SSSR count). The number of aromatic nitrogens is 3. The Morgan fingerprint density at radius 1 is 1.06 bits per heavy atom. The minimum atomic E-state index is -0.279. The van der Waals surface area contributed by atoms with Gasteiger partial charge in [-0.15, -0.1) is 5.10 Å². The van der Waals surface area contributed by atoms with Crippen LogP contribution < -0.4 is 10.2 Å². The molecule has 1 N–H and O–H groups in total. The summed E-state index contributed by atoms with van der Waals surface area (Å²) in [6, 6.07) is 13.5. The highest BCUT2D eigenvalue weighted by atomic mass is 35.5. The summed E-state index contributed by atoms with van der Waals surface area (Å²) in [5, 5.41) is 11.8. The van der Waals surface area contributed by atoms with E-state index in [9.17, 15) is 4.79 Å². The molecular formula is C23H27ClN6O. The van der Waals surface area contributed by atoms with Crippen molar-refractivity contribution in [2.75, 3.05) is 42.9 Å². The minimum Gasteiger partial charge on any atom is -0.369 e. The molecule has 1 aliphatic heterocycles. The van der Waals surface area contributed by atoms with E-state index in [0.717, 1.165) is 49.7 Å². The number of piperazine rings is 1. The Kier molecular flexibility index (Phi) is 6.25. The molecule has 162 valence electrons. The molecule has 0 radical (unpaired) electrons. The van der Waals surface area contributed by atoms with Gasteiger partial charge in [-0.1, -0.05) is 29.8 Å². The third-order valence-corrected chi connectivity index (χ3v) is 6.04. The standard InChI is InChI=1S/C23H27ClN6O/c1-4-28-10-12-29(13-11-28)19-8-9-21(16(2)14-19)25-23(31)22-17(3)30(27-26-22)20-7-5-6-18(24)15-20/h5-9,14-15H,4,10-13H2,1-3H3,(H,25,31). The van der Waals surface area contributed by atoms with Crippen molar-refractivity contribution in [2.24, 2.45) is 0 Å². The fourth-order valence-corrected chi connectivity index (χ4v) is 4.07. The number of anilines is 2. The third-order valence-electron chi connectivity index (χ3n) is 5.81. The number of hydrogen-bond donors (Lipinski definition) is 1. The van der Waals surface area contributed by atoms with Crippen molar-refractivity contribution >= 4 is 28.9 Å². The number of benzene rings is 2. The van der Waals surface area contributed by atoms with Gasteiger partial charge < -0.3 is 15.1 Å². The Morgan fingerprint density at radius 2 is 1.84 bits per heavy atom. The molecule has 1 aromatic heterocycles. The number of carbonyl (C=O) groups is 1. The van der Waals surface area contributed by atoms with E-state index in [-0.39, 0.29) is 5.91 Å². The van der Waals surface area contributed by atoms with Crippen molar-refractivity contribution in [1.82, 2.24) is 19.9 Å². The quantitative estimate of drug-likeness (QED) is 0.653. The van der Waals surface area contributed by atoms with Crippen molar-refractivity contribution in [1.29, 1.82) is 0 Å². The fraction of sp³-hybridized carbons (Fsp3) is 0.348. The molecule has 31 heavy (non-hydrogen) atoms. The second-order valence-corrected chi connectivity index (χ2v) is 8.23. The molecule has 0 spiro atoms. The smallest absolute Gasteiger partial charge is 0.278 e. The molecule has 1 fully saturated rings. The first-order valence-electron chi connectivity index (χ1n) is 10.5. The van der Waals surface area contributed by atoms with Gasteiger partial charge in [-0.05, 0) is 62.4 Å². The molecule has 0 aliphatic carbocycles. The molecule has 1 amide bonds. The Balaban J connectivity index is 1.48. The zero-order valence-corrected chi connectivity index (χ0v) is 18.9. The SMILES string of the molecule is CCN1CCN(c2ccc(NC(=O)c3nnn(-c4cccc(Cl)c4)c3C)c(C)c2)CC1. The van der Waals surface area contributed by atoms with E-state index in [2.05, 4.69) is 44.5 Å². The van der Waals surface area contributed by atoms with E-state index in [4.69, 9.17) is 11.6 Å². The van der Waals surface area contributed by atoms with Gasteiger partial charge in [0.05, 0.1) is 11.4 Å². The number of aryl methyl sites for hydroxylation is 1. The number of halogens is 1. The minimum absolute atomic E-state index is 0.279. The maximum absolute atomic E-state index is 12.9. The van der Waals surface area contributed by atoms with Gasteiger partial charge in [0.15, 0.2) is 5.69 Å². The van der Waals surface area contributed by atoms with Gasteiger partial charge in [0.1, 0.15) is 0 Å². The van der Waals surface area contributed by atoms with Gasteiger partial charge in [-0.25, -0.2) is 4.68 Å². The molecule has 8 heteroatoms. The lowest BCUT2D eigenvalue weighted by Gasteiger charge is -2.35. The van der Waals surface area contributed by atoms with Crippen molar-refractivity contribution in [3.8, 4) is 5.69 Å². The molecule has 2 aromatic carbocycles. The predicted molar refractivity (Wildman–Crippen MR) is 125 cm³/mol. The highest BCUT2D eigenvalue weighted by Crippen LogP contribution is 2.25. The Bertz CT molecular complexity index is 1090. The van der Waals surface area contributed by atoms with Crippen molar-refractivity contribution in [3.05, 3.63) is 64.4 Å². The summed E-state index contributed by atoms with van der Waals surface area (Å²) < 4.78 is 1.62. The Labute approximate surface area is 187 Å². The van der Waals surface area contributed by atoms with Crippen LogP contribution in [-0.4, -0.2) is 58.5 Å². The fourth-order valence-electron chi connectivity index (χ4n) is 3.88. The summed E-state index contributed by atoms with van der Waals surface area (Å²) in [6.07, 6.45) is 0. The molecule has 1 aliphatic rings. The van der Waals surface area contributed by atoms with Crippen LogP contribution in [-0.2, 0) is 0 Å². The Hall–Kier alpha value is -2.90. The average Bonchev–Trinajstić information content (AvgIpc) is 3.16. The lowest BCUT2D eigenvalue weighted by Crippen LogP contribution is -2.46. The molecule has 2 heterocycles. The number of rotatable bonds is 5. The summed E-state index contributed by atoms with van der Waals surface area (Å²) >= 11 is 6.08. The molecule has 7 nitrogen and oxygen atoms in total. The number of nitrogens with zero attached hydrogens (tertiary/aromatic N) is 5. The first-order chi connectivity index (χ1) is 15.0. The topological polar surface area (TPSA) is 66.3 Å². The second-order valence-electron chi connectivity index (χ2n) is 7.79. The van der Waals surface area contributed by atoms with Crippen molar-refractivity contribution in [3.63, 3.8) is 0 Å². The van der Waals surface area contributed by atoms with Crippen molar-refractivity contribution < 1.29 is 4.79 Å². The van der Waals surface area contributed by atoms with E-state index in [0.29, 0.717) is 16.4 Å². The van der Waals surface area contributed by atoms with E-state index < -0.39 is 0 Å². The van der Waals surface area contributed by atoms with E-state index in [1.54, 1.807) is 16.8 Å². The average molecular weight is 439 g/mol. The van der Waals surface area contributed by atoms with Gasteiger partial charge in [0, 0.05) is 42.6 Å². The number of hydrogen-bond acceptors (Lipinski definition) is 5. The number of amides is 1. The van der Waals surface area contributed by atoms with Crippen LogP contribution in [0.3, 0.4) is 0 Å². The lowest BCUT2D eigenvalue weighted by molar-refractivity contribution is 0.102. The summed E-state index contributed by atoms with van der Waals surface area (Å²) in [7, 11) is 0. The summed E-state index contributed by atoms with van der Waals surface area (Å²) in [4.78, 5) is 17.7. The molecule has 0 unspecified atom stereocenters. The van der Waals surface area contributed by atoms with Gasteiger partial charge in [-0.2, -0.15) is 0 Å². The van der Waals surface area contributed by atoms with Crippen LogP contribution >= 0.6 is 11.6 Å². The molecule has 0 saturated carbocycles. The maximum Gasteiger partial charge on any atom is 0.278 e. The third kappa shape index (κ3) is 4.57. The number of carbonyl (C=O) groups excluding carboxylic acids is 1. The zero-order valence-electron chi connectivity index (χ0n) is 18.1. The summed E-state index contributed by atoms with van der Waals surface area (Å²) in [5.41, 5.74) is 4.69. The Morgan fingerprint density at radius 3 is 2.52 bits per heavy atom. The highest BCUT2D eigenvalue weighted by molar-refractivity contribution is 6.30. The first-order valence-corrected chi connectivity index (χ1v) is 10.9. The van der Waals surface area contributed by atoms with Gasteiger partial charge in [0.2, 0.25) is 0 Å². The van der Waals surface area contributed by atoms with Gasteiger partial charge >= 0.3 is 0 Å². The molecule has 0 atom stereocenters. The predicted octanol–water partition coefficient (Wildman–Crippen LogP) is 3.93. The van der Waals surface area contributed by atoms with Crippen molar-refractivity contribution in [2.45, 2.75) is 20.8 Å². The van der Waals surface area contributed by atoms with E-state index >= 15 is 0 Å². The second kappa shape index (κ2) is 9.08. The molecular weight excluding hydrogens is 412 g/mol. The molecule has 3 aromatic rings. The normalized spacial score (nSPS) is 14.6. The van der Waals surface area contributed by atoms with Crippen LogP contribution in [0.2, 0.25) is 5.02 Å². The van der Waals surface area contributed by atoms with Crippen LogP contribution in [0.25, 0.3) is 5.69 Å². The summed E-state index contributed by atoms with van der Waals surface area (Å²) in [6.45, 7) is 11.3. The highest BCUT2D eigenvalue weighted by Gasteiger charge is 2.20. The van der Waals surface area contributed by atoms with Gasteiger partial charge in [0.25, 0.3) is 5.91 Å². The lowest BCUT2D eigenvalue weighted by atomic mass is 10.1. The van der Waals surface area contributed by atoms with E-state index in [1.807, 2.05) is 32.0 Å². The van der Waals surface area contributed by atoms with E-state index in [1.165, 1.54) is 5.69 Å². The maximum atomic E-state index is 12.9. The van der Waals surface area contributed by atoms with Crippen LogP contribution in [0.1, 0.15) is 28.7 Å². The van der Waals surface area contributed by atoms with Crippen LogP contribution in [0.15, 0.2) is 42.5 Å². The van der Waals surface area contributed by atoms with Crippen LogP contribution in [0.5, 0.6) is 0 Å². The number of likely N-dealkylation sites (N-methyl/N-ethyl adjacent to an activating group) is 1.